The summed E-state index contributed by atoms with van der Waals surface area (Å²) in [5, 5.41) is 8.93. The van der Waals surface area contributed by atoms with E-state index in [0.29, 0.717) is 12.2 Å². The molecule has 0 amide bonds. The number of esters is 1. The predicted octanol–water partition coefficient (Wildman–Crippen LogP) is 2.25. The minimum Gasteiger partial charge on any atom is -0.494 e. The Hall–Kier alpha value is -2.11. The van der Waals surface area contributed by atoms with Crippen LogP contribution >= 0.6 is 0 Å². The van der Waals surface area contributed by atoms with Gasteiger partial charge in [-0.15, -0.1) is 0 Å². The Kier molecular flexibility index (Phi) is 6.49. The first-order chi connectivity index (χ1) is 9.54. The maximum absolute atomic E-state index is 12.7. The fourth-order valence-electron chi connectivity index (χ4n) is 1.59. The van der Waals surface area contributed by atoms with Gasteiger partial charge in [0.15, 0.2) is 5.92 Å². The minimum absolute atomic E-state index is 0.134. The van der Waals surface area contributed by atoms with Crippen molar-refractivity contribution in [2.24, 2.45) is 5.92 Å². The molecular weight excluding hydrogens is 267 g/mol. The number of hydrogen-bond donors (Lipinski definition) is 1. The van der Waals surface area contributed by atoms with Crippen molar-refractivity contribution >= 4 is 11.9 Å². The molecular formula is C14H17FO5. The lowest BCUT2D eigenvalue weighted by atomic mass is 10.0. The highest BCUT2D eigenvalue weighted by Gasteiger charge is 2.26. The van der Waals surface area contributed by atoms with Gasteiger partial charge in [0.05, 0.1) is 13.2 Å². The van der Waals surface area contributed by atoms with Gasteiger partial charge < -0.3 is 14.6 Å². The van der Waals surface area contributed by atoms with Crippen LogP contribution in [0.15, 0.2) is 24.3 Å². The summed E-state index contributed by atoms with van der Waals surface area (Å²) < 4.78 is 22.7. The van der Waals surface area contributed by atoms with Crippen molar-refractivity contribution < 1.29 is 28.6 Å². The number of halogens is 1. The number of rotatable bonds is 8. The molecule has 0 saturated heterocycles. The minimum atomic E-state index is -1.20. The number of benzene rings is 1. The number of hydrogen-bond acceptors (Lipinski definition) is 4. The van der Waals surface area contributed by atoms with Gasteiger partial charge in [-0.05, 0) is 44.0 Å². The van der Waals surface area contributed by atoms with Crippen LogP contribution in [0.5, 0.6) is 5.75 Å². The van der Waals surface area contributed by atoms with E-state index in [0.717, 1.165) is 0 Å². The zero-order valence-corrected chi connectivity index (χ0v) is 11.2. The summed E-state index contributed by atoms with van der Waals surface area (Å²) in [6.07, 6.45) is 0.516. The third-order valence-electron chi connectivity index (χ3n) is 2.59. The zero-order valence-electron chi connectivity index (χ0n) is 11.2. The van der Waals surface area contributed by atoms with E-state index >= 15 is 0 Å². The number of carboxylic acids is 1. The molecule has 0 fully saturated rings. The van der Waals surface area contributed by atoms with Crippen molar-refractivity contribution in [3.05, 3.63) is 30.1 Å². The molecule has 0 bridgehead atoms. The molecule has 0 aliphatic heterocycles. The number of carbonyl (C=O) groups excluding carboxylic acids is 1. The Morgan fingerprint density at radius 2 is 1.95 bits per heavy atom. The zero-order chi connectivity index (χ0) is 15.0. The number of ether oxygens (including phenoxy) is 2. The van der Waals surface area contributed by atoms with Crippen molar-refractivity contribution in [1.82, 2.24) is 0 Å². The molecule has 5 nitrogen and oxygen atoms in total. The van der Waals surface area contributed by atoms with Crippen LogP contribution in [-0.2, 0) is 14.3 Å². The van der Waals surface area contributed by atoms with Crippen LogP contribution in [-0.4, -0.2) is 30.3 Å². The third kappa shape index (κ3) is 5.26. The van der Waals surface area contributed by atoms with E-state index in [-0.39, 0.29) is 25.5 Å². The molecule has 20 heavy (non-hydrogen) atoms. The first-order valence-corrected chi connectivity index (χ1v) is 6.32. The molecule has 0 aliphatic carbocycles. The van der Waals surface area contributed by atoms with Crippen LogP contribution in [0.25, 0.3) is 0 Å². The van der Waals surface area contributed by atoms with E-state index in [1.54, 1.807) is 6.92 Å². The van der Waals surface area contributed by atoms with Gasteiger partial charge in [-0.3, -0.25) is 9.59 Å². The molecule has 1 atom stereocenters. The highest BCUT2D eigenvalue weighted by atomic mass is 19.1. The smallest absolute Gasteiger partial charge is 0.320 e. The molecule has 1 N–H and O–H groups in total. The van der Waals surface area contributed by atoms with Crippen LogP contribution in [0, 0.1) is 11.7 Å². The van der Waals surface area contributed by atoms with Gasteiger partial charge >= 0.3 is 11.9 Å². The molecule has 1 aromatic carbocycles. The topological polar surface area (TPSA) is 72.8 Å². The van der Waals surface area contributed by atoms with Crippen LogP contribution < -0.4 is 4.74 Å². The van der Waals surface area contributed by atoms with E-state index in [1.807, 2.05) is 0 Å². The van der Waals surface area contributed by atoms with Crippen LogP contribution in [0.1, 0.15) is 19.8 Å². The maximum atomic E-state index is 12.7. The largest absolute Gasteiger partial charge is 0.494 e. The van der Waals surface area contributed by atoms with Crippen LogP contribution in [0.3, 0.4) is 0 Å². The third-order valence-corrected chi connectivity index (χ3v) is 2.59. The number of aliphatic carboxylic acids is 1. The summed E-state index contributed by atoms with van der Waals surface area (Å²) in [5.74, 6) is -2.97. The molecule has 1 aromatic rings. The molecule has 0 aromatic heterocycles. The lowest BCUT2D eigenvalue weighted by Crippen LogP contribution is -2.26. The maximum Gasteiger partial charge on any atom is 0.320 e. The lowest BCUT2D eigenvalue weighted by Gasteiger charge is -2.11. The first-order valence-electron chi connectivity index (χ1n) is 6.32. The molecule has 1 rings (SSSR count). The first kappa shape index (κ1) is 15.9. The second-order valence-electron chi connectivity index (χ2n) is 4.09. The average molecular weight is 284 g/mol. The van der Waals surface area contributed by atoms with E-state index in [2.05, 4.69) is 0 Å². The van der Waals surface area contributed by atoms with Crippen molar-refractivity contribution in [2.75, 3.05) is 13.2 Å². The molecule has 0 aliphatic rings. The quantitative estimate of drug-likeness (QED) is 0.450. The molecule has 6 heteroatoms. The van der Waals surface area contributed by atoms with Crippen molar-refractivity contribution in [3.63, 3.8) is 0 Å². The van der Waals surface area contributed by atoms with E-state index in [4.69, 9.17) is 14.6 Å². The summed E-state index contributed by atoms with van der Waals surface area (Å²) in [5.41, 5.74) is 0. The van der Waals surface area contributed by atoms with Gasteiger partial charge in [-0.1, -0.05) is 0 Å². The number of carbonyl (C=O) groups is 2. The SMILES string of the molecule is CCOC(=O)C(CCCOc1ccc(F)cc1)C(=O)O. The van der Waals surface area contributed by atoms with Gasteiger partial charge in [-0.25, -0.2) is 4.39 Å². The summed E-state index contributed by atoms with van der Waals surface area (Å²) in [6, 6.07) is 5.51. The van der Waals surface area contributed by atoms with Crippen molar-refractivity contribution in [2.45, 2.75) is 19.8 Å². The second-order valence-corrected chi connectivity index (χ2v) is 4.09. The molecule has 0 radical (unpaired) electrons. The predicted molar refractivity (Wildman–Crippen MR) is 68.9 cm³/mol. The normalized spacial score (nSPS) is 11.7. The van der Waals surface area contributed by atoms with Crippen LogP contribution in [0.4, 0.5) is 4.39 Å². The Morgan fingerprint density at radius 1 is 1.30 bits per heavy atom. The molecule has 0 spiro atoms. The molecule has 0 saturated carbocycles. The Balaban J connectivity index is 2.35. The second kappa shape index (κ2) is 8.14. The van der Waals surface area contributed by atoms with E-state index in [1.165, 1.54) is 24.3 Å². The fourth-order valence-corrected chi connectivity index (χ4v) is 1.59. The monoisotopic (exact) mass is 284 g/mol. The lowest BCUT2D eigenvalue weighted by molar-refractivity contribution is -0.158. The highest BCUT2D eigenvalue weighted by Crippen LogP contribution is 2.14. The summed E-state index contributed by atoms with van der Waals surface area (Å²) in [7, 11) is 0. The van der Waals surface area contributed by atoms with Crippen molar-refractivity contribution in [3.8, 4) is 5.75 Å². The summed E-state index contributed by atoms with van der Waals surface area (Å²) in [4.78, 5) is 22.3. The molecule has 1 unspecified atom stereocenters. The molecule has 0 heterocycles. The standard InChI is InChI=1S/C14H17FO5/c1-2-19-14(18)12(13(16)17)4-3-9-20-11-7-5-10(15)6-8-11/h5-8,12H,2-4,9H2,1H3,(H,16,17). The van der Waals surface area contributed by atoms with Crippen molar-refractivity contribution in [1.29, 1.82) is 0 Å². The fraction of sp³-hybridized carbons (Fsp3) is 0.429. The highest BCUT2D eigenvalue weighted by molar-refractivity contribution is 5.93. The number of carboxylic acid groups (broad SMARTS) is 1. The van der Waals surface area contributed by atoms with Gasteiger partial charge in [0.1, 0.15) is 11.6 Å². The Bertz CT molecular complexity index is 443. The van der Waals surface area contributed by atoms with E-state index < -0.39 is 17.9 Å². The van der Waals surface area contributed by atoms with Gasteiger partial charge in [-0.2, -0.15) is 0 Å². The molecule has 110 valence electrons. The van der Waals surface area contributed by atoms with Gasteiger partial charge in [0, 0.05) is 0 Å². The van der Waals surface area contributed by atoms with Crippen LogP contribution in [0.2, 0.25) is 0 Å². The Labute approximate surface area is 116 Å². The van der Waals surface area contributed by atoms with E-state index in [9.17, 15) is 14.0 Å². The van der Waals surface area contributed by atoms with Gasteiger partial charge in [0.25, 0.3) is 0 Å². The van der Waals surface area contributed by atoms with Gasteiger partial charge in [0.2, 0.25) is 0 Å². The summed E-state index contributed by atoms with van der Waals surface area (Å²) >= 11 is 0. The summed E-state index contributed by atoms with van der Waals surface area (Å²) in [6.45, 7) is 2.01. The average Bonchev–Trinajstić information content (AvgIpc) is 2.40. The Morgan fingerprint density at radius 3 is 2.50 bits per heavy atom.